The molecule has 1 unspecified atom stereocenters. The second-order valence-electron chi connectivity index (χ2n) is 2.95. The zero-order valence-corrected chi connectivity index (χ0v) is 8.10. The molecule has 1 amide bonds. The second kappa shape index (κ2) is 5.29. The third kappa shape index (κ3) is 2.77. The van der Waals surface area contributed by atoms with Gasteiger partial charge < -0.3 is 11.1 Å². The fraction of sp³-hybridized carbons (Fsp3) is 0.444. The maximum atomic E-state index is 11.3. The predicted molar refractivity (Wildman–Crippen MR) is 52.3 cm³/mol. The Morgan fingerprint density at radius 3 is 3.00 bits per heavy atom. The molecule has 0 saturated carbocycles. The summed E-state index contributed by atoms with van der Waals surface area (Å²) in [6.45, 7) is 0.323. The Kier molecular flexibility index (Phi) is 4.00. The zero-order valence-electron chi connectivity index (χ0n) is 8.10. The van der Waals surface area contributed by atoms with E-state index in [9.17, 15) is 4.79 Å². The molecule has 0 aliphatic heterocycles. The number of amides is 1. The topological polar surface area (TPSA) is 80.9 Å². The van der Waals surface area contributed by atoms with Gasteiger partial charge in [-0.15, -0.1) is 0 Å². The molecule has 0 saturated heterocycles. The van der Waals surface area contributed by atoms with Crippen LogP contribution in [0.25, 0.3) is 0 Å². The summed E-state index contributed by atoms with van der Waals surface area (Å²) in [6.07, 6.45) is 3.67. The monoisotopic (exact) mass is 194 g/mol. The fourth-order valence-corrected chi connectivity index (χ4v) is 1.18. The minimum atomic E-state index is -0.213. The molecule has 0 radical (unpaired) electrons. The molecule has 1 heterocycles. The molecule has 1 rings (SSSR count). The van der Waals surface area contributed by atoms with Crippen LogP contribution in [-0.4, -0.2) is 29.5 Å². The third-order valence-electron chi connectivity index (χ3n) is 2.00. The van der Waals surface area contributed by atoms with E-state index in [0.29, 0.717) is 13.0 Å². The molecule has 76 valence electrons. The molecule has 1 atom stereocenters. The lowest BCUT2D eigenvalue weighted by atomic mass is 10.0. The fourth-order valence-electron chi connectivity index (χ4n) is 1.18. The van der Waals surface area contributed by atoms with Crippen molar-refractivity contribution in [2.45, 2.75) is 6.42 Å². The Labute approximate surface area is 82.7 Å². The van der Waals surface area contributed by atoms with E-state index in [1.165, 1.54) is 6.33 Å². The van der Waals surface area contributed by atoms with Crippen LogP contribution < -0.4 is 11.1 Å². The van der Waals surface area contributed by atoms with Gasteiger partial charge in [-0.25, -0.2) is 9.97 Å². The Morgan fingerprint density at radius 1 is 1.71 bits per heavy atom. The quantitative estimate of drug-likeness (QED) is 0.666. The molecule has 0 aliphatic carbocycles. The van der Waals surface area contributed by atoms with Crippen molar-refractivity contribution in [1.82, 2.24) is 15.3 Å². The van der Waals surface area contributed by atoms with Gasteiger partial charge >= 0.3 is 0 Å². The molecule has 5 nitrogen and oxygen atoms in total. The van der Waals surface area contributed by atoms with Crippen molar-refractivity contribution in [3.8, 4) is 0 Å². The highest BCUT2D eigenvalue weighted by molar-refractivity contribution is 5.78. The van der Waals surface area contributed by atoms with E-state index >= 15 is 0 Å². The Bertz CT molecular complexity index is 288. The van der Waals surface area contributed by atoms with Gasteiger partial charge in [0.2, 0.25) is 5.91 Å². The number of carbonyl (C=O) groups excluding carboxylic acids is 1. The number of hydrogen-bond acceptors (Lipinski definition) is 4. The van der Waals surface area contributed by atoms with Crippen LogP contribution in [0.1, 0.15) is 5.69 Å². The summed E-state index contributed by atoms with van der Waals surface area (Å²) in [4.78, 5) is 19.1. The molecule has 5 heteroatoms. The van der Waals surface area contributed by atoms with Crippen LogP contribution in [0.4, 0.5) is 0 Å². The normalized spacial score (nSPS) is 12.1. The van der Waals surface area contributed by atoms with Crippen LogP contribution in [0, 0.1) is 5.92 Å². The highest BCUT2D eigenvalue weighted by Gasteiger charge is 2.15. The smallest absolute Gasteiger partial charge is 0.224 e. The average Bonchev–Trinajstić information content (AvgIpc) is 2.26. The summed E-state index contributed by atoms with van der Waals surface area (Å²) < 4.78 is 0. The number of nitrogens with one attached hydrogen (secondary N) is 1. The van der Waals surface area contributed by atoms with Crippen LogP contribution in [0.3, 0.4) is 0 Å². The first-order valence-electron chi connectivity index (χ1n) is 4.44. The van der Waals surface area contributed by atoms with Crippen molar-refractivity contribution in [1.29, 1.82) is 0 Å². The molecule has 3 N–H and O–H groups in total. The lowest BCUT2D eigenvalue weighted by molar-refractivity contribution is -0.124. The number of aromatic nitrogens is 2. The highest BCUT2D eigenvalue weighted by atomic mass is 16.1. The van der Waals surface area contributed by atoms with Crippen molar-refractivity contribution in [3.05, 3.63) is 24.3 Å². The summed E-state index contributed by atoms with van der Waals surface area (Å²) in [5, 5.41) is 2.57. The summed E-state index contributed by atoms with van der Waals surface area (Å²) in [5.74, 6) is -0.263. The minimum absolute atomic E-state index is 0.0499. The van der Waals surface area contributed by atoms with E-state index in [2.05, 4.69) is 15.3 Å². The first-order chi connectivity index (χ1) is 6.77. The molecule has 0 spiro atoms. The van der Waals surface area contributed by atoms with E-state index in [1.54, 1.807) is 19.3 Å². The molecule has 1 aromatic heterocycles. The van der Waals surface area contributed by atoms with Gasteiger partial charge in [0.05, 0.1) is 5.92 Å². The standard InChI is InChI=1S/C9H14N4O/c1-11-9(14)7(5-10)4-8-2-3-12-6-13-8/h2-3,6-7H,4-5,10H2,1H3,(H,11,14). The van der Waals surface area contributed by atoms with Gasteiger partial charge in [0.25, 0.3) is 0 Å². The van der Waals surface area contributed by atoms with Crippen molar-refractivity contribution in [2.24, 2.45) is 11.7 Å². The van der Waals surface area contributed by atoms with E-state index in [-0.39, 0.29) is 11.8 Å². The number of hydrogen-bond donors (Lipinski definition) is 2. The van der Waals surface area contributed by atoms with Gasteiger partial charge in [-0.2, -0.15) is 0 Å². The third-order valence-corrected chi connectivity index (χ3v) is 2.00. The largest absolute Gasteiger partial charge is 0.359 e. The van der Waals surface area contributed by atoms with Gasteiger partial charge in [0.1, 0.15) is 6.33 Å². The van der Waals surface area contributed by atoms with Crippen molar-refractivity contribution < 1.29 is 4.79 Å². The Hall–Kier alpha value is -1.49. The average molecular weight is 194 g/mol. The van der Waals surface area contributed by atoms with Gasteiger partial charge in [-0.1, -0.05) is 0 Å². The van der Waals surface area contributed by atoms with E-state index in [4.69, 9.17) is 5.73 Å². The molecule has 0 aliphatic rings. The van der Waals surface area contributed by atoms with Gasteiger partial charge in [-0.05, 0) is 6.07 Å². The molecule has 0 fully saturated rings. The minimum Gasteiger partial charge on any atom is -0.359 e. The van der Waals surface area contributed by atoms with Gasteiger partial charge in [0.15, 0.2) is 0 Å². The lowest BCUT2D eigenvalue weighted by Gasteiger charge is -2.11. The van der Waals surface area contributed by atoms with Crippen LogP contribution in [-0.2, 0) is 11.2 Å². The van der Waals surface area contributed by atoms with E-state index in [0.717, 1.165) is 5.69 Å². The Morgan fingerprint density at radius 2 is 2.50 bits per heavy atom. The second-order valence-corrected chi connectivity index (χ2v) is 2.95. The first-order valence-corrected chi connectivity index (χ1v) is 4.44. The van der Waals surface area contributed by atoms with Crippen molar-refractivity contribution >= 4 is 5.91 Å². The number of nitrogens with two attached hydrogens (primary N) is 1. The van der Waals surface area contributed by atoms with Crippen molar-refractivity contribution in [3.63, 3.8) is 0 Å². The van der Waals surface area contributed by atoms with Crippen LogP contribution in [0.5, 0.6) is 0 Å². The van der Waals surface area contributed by atoms with Gasteiger partial charge in [0, 0.05) is 31.9 Å². The van der Waals surface area contributed by atoms with Crippen LogP contribution >= 0.6 is 0 Å². The summed E-state index contributed by atoms with van der Waals surface area (Å²) >= 11 is 0. The van der Waals surface area contributed by atoms with Gasteiger partial charge in [-0.3, -0.25) is 4.79 Å². The molecular weight excluding hydrogens is 180 g/mol. The zero-order chi connectivity index (χ0) is 10.4. The van der Waals surface area contributed by atoms with E-state index < -0.39 is 0 Å². The van der Waals surface area contributed by atoms with Crippen LogP contribution in [0.15, 0.2) is 18.6 Å². The molecule has 1 aromatic rings. The van der Waals surface area contributed by atoms with E-state index in [1.807, 2.05) is 0 Å². The number of nitrogens with zero attached hydrogens (tertiary/aromatic N) is 2. The number of carbonyl (C=O) groups is 1. The van der Waals surface area contributed by atoms with Crippen LogP contribution in [0.2, 0.25) is 0 Å². The summed E-state index contributed by atoms with van der Waals surface area (Å²) in [5.41, 5.74) is 6.33. The molecular formula is C9H14N4O. The molecule has 14 heavy (non-hydrogen) atoms. The lowest BCUT2D eigenvalue weighted by Crippen LogP contribution is -2.34. The molecule has 0 aromatic carbocycles. The molecule has 0 bridgehead atoms. The first kappa shape index (κ1) is 10.6. The summed E-state index contributed by atoms with van der Waals surface area (Å²) in [7, 11) is 1.60. The predicted octanol–water partition coefficient (Wildman–Crippen LogP) is -0.660. The highest BCUT2D eigenvalue weighted by Crippen LogP contribution is 2.04. The summed E-state index contributed by atoms with van der Waals surface area (Å²) in [6, 6.07) is 1.78. The van der Waals surface area contributed by atoms with Crippen molar-refractivity contribution in [2.75, 3.05) is 13.6 Å². The number of rotatable bonds is 4. The Balaban J connectivity index is 2.62. The maximum absolute atomic E-state index is 11.3. The SMILES string of the molecule is CNC(=O)C(CN)Cc1ccncn1. The maximum Gasteiger partial charge on any atom is 0.224 e.